The predicted octanol–water partition coefficient (Wildman–Crippen LogP) is 6.49. The second-order valence-electron chi connectivity index (χ2n) is 9.04. The van der Waals surface area contributed by atoms with E-state index in [2.05, 4.69) is 32.4 Å². The Hall–Kier alpha value is -3.13. The summed E-state index contributed by atoms with van der Waals surface area (Å²) in [7, 11) is 0. The van der Waals surface area contributed by atoms with Gasteiger partial charge in [-0.1, -0.05) is 35.3 Å². The lowest BCUT2D eigenvalue weighted by Crippen LogP contribution is -2.30. The third kappa shape index (κ3) is 4.54. The van der Waals surface area contributed by atoms with Crippen LogP contribution < -0.4 is 10.1 Å². The molecule has 7 nitrogen and oxygen atoms in total. The van der Waals surface area contributed by atoms with E-state index in [1.807, 2.05) is 25.1 Å². The molecule has 1 aliphatic carbocycles. The number of benzene rings is 2. The number of halogens is 2. The van der Waals surface area contributed by atoms with Gasteiger partial charge in [0.1, 0.15) is 5.75 Å². The maximum Gasteiger partial charge on any atom is 0.232 e. The number of nitrogens with zero attached hydrogens (tertiary/aromatic N) is 5. The summed E-state index contributed by atoms with van der Waals surface area (Å²) in [6, 6.07) is 14.1. The van der Waals surface area contributed by atoms with E-state index in [9.17, 15) is 0 Å². The monoisotopic (exact) mass is 520 g/mol. The Morgan fingerprint density at radius 2 is 1.92 bits per heavy atom. The van der Waals surface area contributed by atoms with E-state index in [0.717, 1.165) is 42.6 Å². The number of rotatable bonds is 7. The average molecular weight is 521 g/mol. The molecule has 0 spiro atoms. The minimum Gasteiger partial charge on any atom is -0.493 e. The molecule has 0 unspecified atom stereocenters. The van der Waals surface area contributed by atoms with Crippen LogP contribution >= 0.6 is 23.2 Å². The maximum atomic E-state index is 6.45. The number of fused-ring (bicyclic) bond motifs is 1. The molecule has 4 aromatic rings. The summed E-state index contributed by atoms with van der Waals surface area (Å²) in [5.41, 5.74) is 4.54. The first-order chi connectivity index (χ1) is 17.6. The molecule has 2 aromatic heterocycles. The van der Waals surface area contributed by atoms with Crippen LogP contribution in [0.5, 0.6) is 5.75 Å². The highest BCUT2D eigenvalue weighted by Gasteiger charge is 2.30. The zero-order valence-electron chi connectivity index (χ0n) is 19.9. The van der Waals surface area contributed by atoms with Crippen LogP contribution in [0.4, 0.5) is 11.6 Å². The van der Waals surface area contributed by atoms with Crippen LogP contribution in [0.2, 0.25) is 10.0 Å². The van der Waals surface area contributed by atoms with Gasteiger partial charge in [0.05, 0.1) is 28.4 Å². The number of aromatic nitrogens is 4. The lowest BCUT2D eigenvalue weighted by molar-refractivity contribution is 0.291. The van der Waals surface area contributed by atoms with Crippen molar-refractivity contribution in [2.45, 2.75) is 32.2 Å². The lowest BCUT2D eigenvalue weighted by Gasteiger charge is -2.27. The van der Waals surface area contributed by atoms with Crippen molar-refractivity contribution >= 4 is 46.1 Å². The molecular formula is C27H26Cl2N6O. The summed E-state index contributed by atoms with van der Waals surface area (Å²) in [5.74, 6) is 1.78. The van der Waals surface area contributed by atoms with E-state index in [0.29, 0.717) is 39.6 Å². The third-order valence-electron chi connectivity index (χ3n) is 6.63. The molecule has 0 saturated heterocycles. The molecular weight excluding hydrogens is 495 g/mol. The van der Waals surface area contributed by atoms with Crippen LogP contribution in [0, 0.1) is 0 Å². The molecule has 0 amide bonds. The van der Waals surface area contributed by atoms with Crippen LogP contribution in [-0.4, -0.2) is 50.2 Å². The Kier molecular flexibility index (Phi) is 6.29. The van der Waals surface area contributed by atoms with Crippen molar-refractivity contribution in [2.24, 2.45) is 0 Å². The van der Waals surface area contributed by atoms with Gasteiger partial charge in [-0.2, -0.15) is 14.6 Å². The van der Waals surface area contributed by atoms with Gasteiger partial charge >= 0.3 is 0 Å². The fraction of sp³-hybridized carbons (Fsp3) is 0.296. The van der Waals surface area contributed by atoms with Crippen molar-refractivity contribution in [1.82, 2.24) is 24.5 Å². The Morgan fingerprint density at radius 3 is 2.64 bits per heavy atom. The summed E-state index contributed by atoms with van der Waals surface area (Å²) in [4.78, 5) is 11.9. The van der Waals surface area contributed by atoms with E-state index in [1.165, 1.54) is 18.4 Å². The van der Waals surface area contributed by atoms with Gasteiger partial charge in [-0.05, 0) is 56.0 Å². The zero-order valence-corrected chi connectivity index (χ0v) is 21.4. The van der Waals surface area contributed by atoms with Crippen molar-refractivity contribution in [3.8, 4) is 17.1 Å². The van der Waals surface area contributed by atoms with Crippen molar-refractivity contribution in [2.75, 3.05) is 25.0 Å². The molecule has 1 N–H and O–H groups in total. The first kappa shape index (κ1) is 23.3. The average Bonchev–Trinajstić information content (AvgIpc) is 3.62. The summed E-state index contributed by atoms with van der Waals surface area (Å²) in [5, 5.41) is 8.76. The summed E-state index contributed by atoms with van der Waals surface area (Å²) < 4.78 is 7.72. The molecule has 1 fully saturated rings. The van der Waals surface area contributed by atoms with E-state index in [-0.39, 0.29) is 0 Å². The van der Waals surface area contributed by atoms with Crippen LogP contribution in [-0.2, 0) is 0 Å². The van der Waals surface area contributed by atoms with Crippen molar-refractivity contribution in [3.63, 3.8) is 0 Å². The van der Waals surface area contributed by atoms with E-state index in [1.54, 1.807) is 28.9 Å². The maximum absolute atomic E-state index is 6.45. The minimum atomic E-state index is 0.426. The molecule has 0 bridgehead atoms. The highest BCUT2D eigenvalue weighted by molar-refractivity contribution is 6.39. The smallest absolute Gasteiger partial charge is 0.232 e. The van der Waals surface area contributed by atoms with Crippen molar-refractivity contribution < 1.29 is 4.74 Å². The SMILES string of the molecule is CCOc1cc(Nc2nc(-c3c(Cl)cccc3Cl)nc3ccnn23)ccc1C1=CCN(C2CC2)CC1. The highest BCUT2D eigenvalue weighted by Crippen LogP contribution is 2.37. The van der Waals surface area contributed by atoms with Gasteiger partial charge in [0.2, 0.25) is 5.95 Å². The molecule has 6 rings (SSSR count). The van der Waals surface area contributed by atoms with E-state index < -0.39 is 0 Å². The summed E-state index contributed by atoms with van der Waals surface area (Å²) in [6.45, 7) is 4.71. The Bertz CT molecular complexity index is 1440. The molecule has 1 saturated carbocycles. The second-order valence-corrected chi connectivity index (χ2v) is 9.86. The van der Waals surface area contributed by atoms with Gasteiger partial charge in [-0.25, -0.2) is 4.98 Å². The number of hydrogen-bond donors (Lipinski definition) is 1. The van der Waals surface area contributed by atoms with Gasteiger partial charge < -0.3 is 10.1 Å². The molecule has 0 radical (unpaired) electrons. The number of anilines is 2. The fourth-order valence-electron chi connectivity index (χ4n) is 4.70. The standard InChI is InChI=1S/C27H26Cl2N6O/c1-2-36-23-16-18(6-9-20(23)17-11-14-34(15-12-17)19-7-8-19)31-27-33-26(32-24-10-13-30-35(24)27)25-21(28)4-3-5-22(25)29/h3-6,9-11,13,16,19H,2,7-8,12,14-15H2,1H3,(H,31,32,33). The summed E-state index contributed by atoms with van der Waals surface area (Å²) >= 11 is 12.9. The topological polar surface area (TPSA) is 67.6 Å². The van der Waals surface area contributed by atoms with Gasteiger partial charge in [0.25, 0.3) is 0 Å². The molecule has 1 aliphatic heterocycles. The lowest BCUT2D eigenvalue weighted by atomic mass is 9.98. The largest absolute Gasteiger partial charge is 0.493 e. The fourth-order valence-corrected chi connectivity index (χ4v) is 5.27. The zero-order chi connectivity index (χ0) is 24.6. The molecule has 36 heavy (non-hydrogen) atoms. The van der Waals surface area contributed by atoms with Crippen LogP contribution in [0.1, 0.15) is 31.7 Å². The van der Waals surface area contributed by atoms with E-state index in [4.69, 9.17) is 32.9 Å². The Labute approximate surface area is 219 Å². The quantitative estimate of drug-likeness (QED) is 0.300. The minimum absolute atomic E-state index is 0.426. The number of hydrogen-bond acceptors (Lipinski definition) is 6. The van der Waals surface area contributed by atoms with Crippen LogP contribution in [0.25, 0.3) is 22.6 Å². The normalized spacial score (nSPS) is 16.2. The van der Waals surface area contributed by atoms with Crippen LogP contribution in [0.15, 0.2) is 54.7 Å². The first-order valence-electron chi connectivity index (χ1n) is 12.2. The molecule has 3 heterocycles. The van der Waals surface area contributed by atoms with Gasteiger partial charge in [-0.3, -0.25) is 4.90 Å². The summed E-state index contributed by atoms with van der Waals surface area (Å²) in [6.07, 6.45) is 7.74. The van der Waals surface area contributed by atoms with Gasteiger partial charge in [-0.15, -0.1) is 0 Å². The molecule has 2 aliphatic rings. The molecule has 0 atom stereocenters. The Morgan fingerprint density at radius 1 is 1.08 bits per heavy atom. The predicted molar refractivity (Wildman–Crippen MR) is 144 cm³/mol. The molecule has 184 valence electrons. The second kappa shape index (κ2) is 9.73. The van der Waals surface area contributed by atoms with Crippen molar-refractivity contribution in [1.29, 1.82) is 0 Å². The highest BCUT2D eigenvalue weighted by atomic mass is 35.5. The molecule has 9 heteroatoms. The third-order valence-corrected chi connectivity index (χ3v) is 7.26. The number of nitrogens with one attached hydrogen (secondary N) is 1. The number of ether oxygens (including phenoxy) is 1. The van der Waals surface area contributed by atoms with Gasteiger partial charge in [0, 0.05) is 42.5 Å². The molecule has 2 aromatic carbocycles. The van der Waals surface area contributed by atoms with E-state index >= 15 is 0 Å². The first-order valence-corrected chi connectivity index (χ1v) is 13.0. The van der Waals surface area contributed by atoms with Gasteiger partial charge in [0.15, 0.2) is 11.5 Å². The van der Waals surface area contributed by atoms with Crippen molar-refractivity contribution in [3.05, 3.63) is 70.3 Å². The Balaban J connectivity index is 1.34. The van der Waals surface area contributed by atoms with Crippen LogP contribution in [0.3, 0.4) is 0 Å².